The van der Waals surface area contributed by atoms with Crippen molar-refractivity contribution in [1.29, 1.82) is 0 Å². The molecule has 0 amide bonds. The molecule has 0 aliphatic rings. The van der Waals surface area contributed by atoms with Gasteiger partial charge in [0, 0.05) is 5.56 Å². The fourth-order valence-corrected chi connectivity index (χ4v) is 1.89. The lowest BCUT2D eigenvalue weighted by molar-refractivity contribution is -0.158. The van der Waals surface area contributed by atoms with Crippen LogP contribution in [-0.4, -0.2) is 13.1 Å². The zero-order valence-electron chi connectivity index (χ0n) is 11.0. The number of benzene rings is 2. The minimum absolute atomic E-state index is 0.428. The van der Waals surface area contributed by atoms with E-state index in [-0.39, 0.29) is 0 Å². The second kappa shape index (κ2) is 5.57. The summed E-state index contributed by atoms with van der Waals surface area (Å²) in [5.74, 6) is 0.196. The predicted molar refractivity (Wildman–Crippen MR) is 72.9 cm³/mol. The molecule has 2 aromatic carbocycles. The minimum atomic E-state index is -1.16. The highest BCUT2D eigenvalue weighted by atomic mass is 16.6. The highest BCUT2D eigenvalue weighted by Gasteiger charge is 2.38. The van der Waals surface area contributed by atoms with Crippen LogP contribution in [0.3, 0.4) is 0 Å². The van der Waals surface area contributed by atoms with Gasteiger partial charge >= 0.3 is 5.97 Å². The molecule has 2 aromatic rings. The molecular weight excluding hydrogens is 240 g/mol. The fourth-order valence-electron chi connectivity index (χ4n) is 1.89. The Hall–Kier alpha value is -2.29. The van der Waals surface area contributed by atoms with Crippen LogP contribution < -0.4 is 4.74 Å². The number of carbonyl (C=O) groups excluding carboxylic acids is 1. The lowest BCUT2D eigenvalue weighted by Gasteiger charge is -2.28. The maximum absolute atomic E-state index is 12.1. The maximum Gasteiger partial charge on any atom is 0.354 e. The minimum Gasteiger partial charge on any atom is -0.471 e. The van der Waals surface area contributed by atoms with Crippen molar-refractivity contribution in [2.24, 2.45) is 0 Å². The first kappa shape index (κ1) is 13.1. The molecule has 0 saturated heterocycles. The van der Waals surface area contributed by atoms with Crippen molar-refractivity contribution < 1.29 is 14.3 Å². The molecule has 0 saturated carbocycles. The van der Waals surface area contributed by atoms with Crippen molar-refractivity contribution in [3.05, 3.63) is 66.2 Å². The molecule has 2 rings (SSSR count). The molecule has 19 heavy (non-hydrogen) atoms. The van der Waals surface area contributed by atoms with Crippen molar-refractivity contribution in [1.82, 2.24) is 0 Å². The molecule has 0 aliphatic heterocycles. The standard InChI is InChI=1S/C16H16O3/c1-16(15(17)18-2,13-9-5-3-6-10-13)19-14-11-7-4-8-12-14/h3-12H,1-2H3. The largest absolute Gasteiger partial charge is 0.471 e. The molecule has 1 unspecified atom stereocenters. The number of hydrogen-bond acceptors (Lipinski definition) is 3. The topological polar surface area (TPSA) is 35.5 Å². The molecule has 0 aliphatic carbocycles. The van der Waals surface area contributed by atoms with Crippen LogP contribution in [0, 0.1) is 0 Å². The normalized spacial score (nSPS) is 13.4. The number of methoxy groups -OCH3 is 1. The lowest BCUT2D eigenvalue weighted by atomic mass is 9.95. The van der Waals surface area contributed by atoms with Crippen molar-refractivity contribution >= 4 is 5.97 Å². The summed E-state index contributed by atoms with van der Waals surface area (Å²) in [6.45, 7) is 1.71. The summed E-state index contributed by atoms with van der Waals surface area (Å²) >= 11 is 0. The van der Waals surface area contributed by atoms with Crippen LogP contribution in [0.15, 0.2) is 60.7 Å². The Labute approximate surface area is 112 Å². The molecule has 0 radical (unpaired) electrons. The zero-order chi connectivity index (χ0) is 13.7. The van der Waals surface area contributed by atoms with Crippen molar-refractivity contribution in [2.45, 2.75) is 12.5 Å². The molecule has 0 bridgehead atoms. The average Bonchev–Trinajstić information content (AvgIpc) is 2.48. The first-order valence-electron chi connectivity index (χ1n) is 6.05. The molecule has 0 spiro atoms. The van der Waals surface area contributed by atoms with Gasteiger partial charge in [0.05, 0.1) is 7.11 Å². The van der Waals surface area contributed by atoms with E-state index >= 15 is 0 Å². The van der Waals surface area contributed by atoms with Gasteiger partial charge in [0.15, 0.2) is 0 Å². The van der Waals surface area contributed by atoms with Crippen molar-refractivity contribution in [3.8, 4) is 5.75 Å². The molecule has 1 atom stereocenters. The van der Waals surface area contributed by atoms with Gasteiger partial charge in [-0.2, -0.15) is 0 Å². The first-order chi connectivity index (χ1) is 9.16. The maximum atomic E-state index is 12.1. The monoisotopic (exact) mass is 256 g/mol. The Bertz CT molecular complexity index is 536. The third-order valence-electron chi connectivity index (χ3n) is 2.96. The van der Waals surface area contributed by atoms with Crippen LogP contribution in [0.2, 0.25) is 0 Å². The third kappa shape index (κ3) is 2.76. The van der Waals surface area contributed by atoms with Crippen LogP contribution in [0.1, 0.15) is 12.5 Å². The Kier molecular flexibility index (Phi) is 3.85. The van der Waals surface area contributed by atoms with E-state index in [4.69, 9.17) is 9.47 Å². The Balaban J connectivity index is 2.39. The Morgan fingerprint density at radius 2 is 1.47 bits per heavy atom. The van der Waals surface area contributed by atoms with Gasteiger partial charge in [0.1, 0.15) is 5.75 Å². The first-order valence-corrected chi connectivity index (χ1v) is 6.05. The van der Waals surface area contributed by atoms with E-state index in [2.05, 4.69) is 0 Å². The van der Waals surface area contributed by atoms with Crippen LogP contribution in [0.4, 0.5) is 0 Å². The number of hydrogen-bond donors (Lipinski definition) is 0. The number of para-hydroxylation sites is 1. The van der Waals surface area contributed by atoms with E-state index in [1.807, 2.05) is 60.7 Å². The van der Waals surface area contributed by atoms with Crippen LogP contribution in [0.25, 0.3) is 0 Å². The lowest BCUT2D eigenvalue weighted by Crippen LogP contribution is -2.39. The summed E-state index contributed by atoms with van der Waals surface area (Å²) in [7, 11) is 1.36. The van der Waals surface area contributed by atoms with Gasteiger partial charge in [0.2, 0.25) is 5.60 Å². The van der Waals surface area contributed by atoms with E-state index in [1.165, 1.54) is 7.11 Å². The van der Waals surface area contributed by atoms with Crippen molar-refractivity contribution in [3.63, 3.8) is 0 Å². The van der Waals surface area contributed by atoms with Gasteiger partial charge in [-0.1, -0.05) is 48.5 Å². The van der Waals surface area contributed by atoms with Gasteiger partial charge in [-0.15, -0.1) is 0 Å². The second-order valence-corrected chi connectivity index (χ2v) is 4.31. The molecule has 0 heterocycles. The average molecular weight is 256 g/mol. The van der Waals surface area contributed by atoms with Crippen LogP contribution >= 0.6 is 0 Å². The predicted octanol–water partition coefficient (Wildman–Crippen LogP) is 3.15. The van der Waals surface area contributed by atoms with Gasteiger partial charge in [-0.25, -0.2) is 4.79 Å². The Morgan fingerprint density at radius 3 is 2.00 bits per heavy atom. The zero-order valence-corrected chi connectivity index (χ0v) is 11.0. The summed E-state index contributed by atoms with van der Waals surface area (Å²) in [6, 6.07) is 18.5. The SMILES string of the molecule is COC(=O)C(C)(Oc1ccccc1)c1ccccc1. The summed E-state index contributed by atoms with van der Waals surface area (Å²) < 4.78 is 10.7. The third-order valence-corrected chi connectivity index (χ3v) is 2.96. The number of esters is 1. The quantitative estimate of drug-likeness (QED) is 0.788. The van der Waals surface area contributed by atoms with E-state index in [0.717, 1.165) is 5.56 Å². The van der Waals surface area contributed by atoms with Gasteiger partial charge in [0.25, 0.3) is 0 Å². The van der Waals surface area contributed by atoms with Crippen molar-refractivity contribution in [2.75, 3.05) is 7.11 Å². The fraction of sp³-hybridized carbons (Fsp3) is 0.188. The molecule has 0 N–H and O–H groups in total. The van der Waals surface area contributed by atoms with E-state index in [1.54, 1.807) is 6.92 Å². The molecule has 3 nitrogen and oxygen atoms in total. The van der Waals surface area contributed by atoms with Crippen LogP contribution in [0.5, 0.6) is 5.75 Å². The number of carbonyl (C=O) groups is 1. The molecular formula is C16H16O3. The van der Waals surface area contributed by atoms with E-state index in [9.17, 15) is 4.79 Å². The summed E-state index contributed by atoms with van der Waals surface area (Å²) in [6.07, 6.45) is 0. The molecule has 3 heteroatoms. The summed E-state index contributed by atoms with van der Waals surface area (Å²) in [5.41, 5.74) is -0.400. The van der Waals surface area contributed by atoms with Gasteiger partial charge in [-0.05, 0) is 19.1 Å². The van der Waals surface area contributed by atoms with E-state index in [0.29, 0.717) is 5.75 Å². The number of ether oxygens (including phenoxy) is 2. The van der Waals surface area contributed by atoms with Gasteiger partial charge < -0.3 is 9.47 Å². The number of rotatable bonds is 4. The van der Waals surface area contributed by atoms with Crippen LogP contribution in [-0.2, 0) is 15.1 Å². The highest BCUT2D eigenvalue weighted by Crippen LogP contribution is 2.29. The van der Waals surface area contributed by atoms with E-state index < -0.39 is 11.6 Å². The Morgan fingerprint density at radius 1 is 0.947 bits per heavy atom. The van der Waals surface area contributed by atoms with Gasteiger partial charge in [-0.3, -0.25) is 0 Å². The summed E-state index contributed by atoms with van der Waals surface area (Å²) in [4.78, 5) is 12.1. The highest BCUT2D eigenvalue weighted by molar-refractivity contribution is 5.81. The second-order valence-electron chi connectivity index (χ2n) is 4.31. The molecule has 0 fully saturated rings. The molecule has 0 aromatic heterocycles. The summed E-state index contributed by atoms with van der Waals surface area (Å²) in [5, 5.41) is 0. The molecule has 98 valence electrons. The smallest absolute Gasteiger partial charge is 0.354 e.